The standard InChI is InChI=1S/C17H18ClN3O/c1-20-16(18)10-19-17(20)13-21(12-15-8-5-9-22-15)11-14-6-3-2-4-7-14/h2-10H,11-13H2,1H3. The van der Waals surface area contributed by atoms with Crippen LogP contribution in [0.5, 0.6) is 0 Å². The van der Waals surface area contributed by atoms with Crippen molar-refractivity contribution in [3.05, 3.63) is 77.2 Å². The van der Waals surface area contributed by atoms with E-state index in [1.807, 2.05) is 29.8 Å². The summed E-state index contributed by atoms with van der Waals surface area (Å²) in [6.45, 7) is 2.26. The molecule has 0 amide bonds. The second kappa shape index (κ2) is 6.81. The molecule has 0 unspecified atom stereocenters. The van der Waals surface area contributed by atoms with Gasteiger partial charge in [0.25, 0.3) is 0 Å². The van der Waals surface area contributed by atoms with E-state index < -0.39 is 0 Å². The number of imidazole rings is 1. The smallest absolute Gasteiger partial charge is 0.128 e. The van der Waals surface area contributed by atoms with Crippen LogP contribution in [-0.4, -0.2) is 14.5 Å². The Labute approximate surface area is 135 Å². The van der Waals surface area contributed by atoms with Crippen molar-refractivity contribution in [2.45, 2.75) is 19.6 Å². The maximum atomic E-state index is 6.08. The maximum Gasteiger partial charge on any atom is 0.128 e. The highest BCUT2D eigenvalue weighted by molar-refractivity contribution is 6.29. The maximum absolute atomic E-state index is 6.08. The lowest BCUT2D eigenvalue weighted by molar-refractivity contribution is 0.219. The lowest BCUT2D eigenvalue weighted by Gasteiger charge is -2.21. The van der Waals surface area contributed by atoms with Crippen LogP contribution in [0.25, 0.3) is 0 Å². The Kier molecular flexibility index (Phi) is 4.61. The molecule has 0 aliphatic heterocycles. The molecule has 3 aromatic rings. The van der Waals surface area contributed by atoms with E-state index >= 15 is 0 Å². The monoisotopic (exact) mass is 315 g/mol. The Balaban J connectivity index is 1.77. The van der Waals surface area contributed by atoms with Gasteiger partial charge in [-0.2, -0.15) is 0 Å². The van der Waals surface area contributed by atoms with Gasteiger partial charge in [0.2, 0.25) is 0 Å². The van der Waals surface area contributed by atoms with E-state index in [1.165, 1.54) is 5.56 Å². The molecule has 0 fully saturated rings. The second-order valence-corrected chi connectivity index (χ2v) is 5.65. The SMILES string of the molecule is Cn1c(Cl)cnc1CN(Cc1ccccc1)Cc1ccco1. The van der Waals surface area contributed by atoms with Crippen molar-refractivity contribution < 1.29 is 4.42 Å². The third-order valence-corrected chi connectivity index (χ3v) is 3.95. The first-order valence-corrected chi connectivity index (χ1v) is 7.55. The average Bonchev–Trinajstić information content (AvgIpc) is 3.14. The van der Waals surface area contributed by atoms with E-state index in [9.17, 15) is 0 Å². The van der Waals surface area contributed by atoms with Gasteiger partial charge in [-0.25, -0.2) is 4.98 Å². The molecule has 0 aliphatic rings. The summed E-state index contributed by atoms with van der Waals surface area (Å²) in [5.41, 5.74) is 1.26. The molecule has 0 saturated heterocycles. The summed E-state index contributed by atoms with van der Waals surface area (Å²) in [6, 6.07) is 14.3. The molecule has 1 aromatic carbocycles. The highest BCUT2D eigenvalue weighted by atomic mass is 35.5. The fourth-order valence-electron chi connectivity index (χ4n) is 2.40. The quantitative estimate of drug-likeness (QED) is 0.692. The van der Waals surface area contributed by atoms with E-state index in [0.717, 1.165) is 24.7 Å². The number of furan rings is 1. The van der Waals surface area contributed by atoms with Crippen molar-refractivity contribution in [3.63, 3.8) is 0 Å². The zero-order valence-corrected chi connectivity index (χ0v) is 13.2. The summed E-state index contributed by atoms with van der Waals surface area (Å²) in [6.07, 6.45) is 3.39. The first-order chi connectivity index (χ1) is 10.7. The minimum atomic E-state index is 0.646. The van der Waals surface area contributed by atoms with Gasteiger partial charge in [-0.05, 0) is 17.7 Å². The van der Waals surface area contributed by atoms with Gasteiger partial charge in [-0.15, -0.1) is 0 Å². The predicted octanol–water partition coefficient (Wildman–Crippen LogP) is 3.87. The van der Waals surface area contributed by atoms with E-state index in [-0.39, 0.29) is 0 Å². The van der Waals surface area contributed by atoms with E-state index in [0.29, 0.717) is 11.7 Å². The molecule has 114 valence electrons. The molecule has 0 bridgehead atoms. The van der Waals surface area contributed by atoms with Crippen LogP contribution in [-0.2, 0) is 26.7 Å². The van der Waals surface area contributed by atoms with E-state index in [2.05, 4.69) is 34.1 Å². The van der Waals surface area contributed by atoms with Gasteiger partial charge in [0.1, 0.15) is 16.7 Å². The molecule has 0 atom stereocenters. The third-order valence-electron chi connectivity index (χ3n) is 3.60. The fourth-order valence-corrected chi connectivity index (χ4v) is 2.55. The molecule has 0 saturated carbocycles. The molecule has 5 heteroatoms. The van der Waals surface area contributed by atoms with Gasteiger partial charge in [0.15, 0.2) is 0 Å². The van der Waals surface area contributed by atoms with Crippen LogP contribution in [0.4, 0.5) is 0 Å². The van der Waals surface area contributed by atoms with Crippen LogP contribution in [0.3, 0.4) is 0 Å². The minimum absolute atomic E-state index is 0.646. The summed E-state index contributed by atoms with van der Waals surface area (Å²) < 4.78 is 7.38. The molecule has 2 heterocycles. The highest BCUT2D eigenvalue weighted by Crippen LogP contribution is 2.16. The second-order valence-electron chi connectivity index (χ2n) is 5.27. The molecule has 3 rings (SSSR count). The lowest BCUT2D eigenvalue weighted by Crippen LogP contribution is -2.24. The van der Waals surface area contributed by atoms with Crippen molar-refractivity contribution in [1.29, 1.82) is 0 Å². The topological polar surface area (TPSA) is 34.2 Å². The molecule has 0 N–H and O–H groups in total. The van der Waals surface area contributed by atoms with Crippen LogP contribution in [0, 0.1) is 0 Å². The molecule has 0 aliphatic carbocycles. The molecule has 2 aromatic heterocycles. The first kappa shape index (κ1) is 14.9. The van der Waals surface area contributed by atoms with Crippen molar-refractivity contribution in [2.75, 3.05) is 0 Å². The van der Waals surface area contributed by atoms with Crippen molar-refractivity contribution >= 4 is 11.6 Å². The molecule has 4 nitrogen and oxygen atoms in total. The van der Waals surface area contributed by atoms with Gasteiger partial charge in [-0.1, -0.05) is 41.9 Å². The van der Waals surface area contributed by atoms with Gasteiger partial charge >= 0.3 is 0 Å². The molecular weight excluding hydrogens is 298 g/mol. The number of rotatable bonds is 6. The zero-order chi connectivity index (χ0) is 15.4. The van der Waals surface area contributed by atoms with Gasteiger partial charge in [-0.3, -0.25) is 4.90 Å². The minimum Gasteiger partial charge on any atom is -0.468 e. The van der Waals surface area contributed by atoms with Crippen LogP contribution >= 0.6 is 11.6 Å². The van der Waals surface area contributed by atoms with Gasteiger partial charge < -0.3 is 8.98 Å². The number of hydrogen-bond donors (Lipinski definition) is 0. The molecule has 0 spiro atoms. The Morgan fingerprint density at radius 3 is 2.55 bits per heavy atom. The zero-order valence-electron chi connectivity index (χ0n) is 12.4. The normalized spacial score (nSPS) is 11.2. The third kappa shape index (κ3) is 3.59. The summed E-state index contributed by atoms with van der Waals surface area (Å²) in [7, 11) is 1.93. The number of halogens is 1. The van der Waals surface area contributed by atoms with Crippen LogP contribution in [0.1, 0.15) is 17.1 Å². The van der Waals surface area contributed by atoms with Crippen LogP contribution < -0.4 is 0 Å². The summed E-state index contributed by atoms with van der Waals surface area (Å²) in [4.78, 5) is 6.67. The first-order valence-electron chi connectivity index (χ1n) is 7.17. The number of hydrogen-bond acceptors (Lipinski definition) is 3. The number of aromatic nitrogens is 2. The molecule has 22 heavy (non-hydrogen) atoms. The van der Waals surface area contributed by atoms with Crippen molar-refractivity contribution in [1.82, 2.24) is 14.5 Å². The summed E-state index contributed by atoms with van der Waals surface area (Å²) >= 11 is 6.08. The Morgan fingerprint density at radius 2 is 1.91 bits per heavy atom. The Morgan fingerprint density at radius 1 is 1.09 bits per heavy atom. The van der Waals surface area contributed by atoms with Crippen molar-refractivity contribution in [2.24, 2.45) is 7.05 Å². The Bertz CT molecular complexity index is 707. The summed E-state index contributed by atoms with van der Waals surface area (Å²) in [5, 5.41) is 0.646. The van der Waals surface area contributed by atoms with Crippen molar-refractivity contribution in [3.8, 4) is 0 Å². The Hall–Kier alpha value is -2.04. The molecule has 0 radical (unpaired) electrons. The van der Waals surface area contributed by atoms with Crippen LogP contribution in [0.2, 0.25) is 5.15 Å². The number of nitrogens with zero attached hydrogens (tertiary/aromatic N) is 3. The average molecular weight is 316 g/mol. The molecular formula is C17H18ClN3O. The van der Waals surface area contributed by atoms with Gasteiger partial charge in [0, 0.05) is 13.6 Å². The highest BCUT2D eigenvalue weighted by Gasteiger charge is 2.13. The fraction of sp³-hybridized carbons (Fsp3) is 0.235. The van der Waals surface area contributed by atoms with Gasteiger partial charge in [0.05, 0.1) is 25.5 Å². The number of benzene rings is 1. The lowest BCUT2D eigenvalue weighted by atomic mass is 10.2. The summed E-state index contributed by atoms with van der Waals surface area (Å²) in [5.74, 6) is 1.88. The van der Waals surface area contributed by atoms with E-state index in [1.54, 1.807) is 12.5 Å². The predicted molar refractivity (Wildman–Crippen MR) is 86.3 cm³/mol. The van der Waals surface area contributed by atoms with E-state index in [4.69, 9.17) is 16.0 Å². The largest absolute Gasteiger partial charge is 0.468 e. The van der Waals surface area contributed by atoms with Crippen LogP contribution in [0.15, 0.2) is 59.3 Å².